The molecule has 6 nitrogen and oxygen atoms in total. The van der Waals surface area contributed by atoms with E-state index < -0.39 is 4.92 Å². The van der Waals surface area contributed by atoms with E-state index in [4.69, 9.17) is 0 Å². The second kappa shape index (κ2) is 5.51. The first kappa shape index (κ1) is 14.7. The van der Waals surface area contributed by atoms with E-state index in [1.807, 2.05) is 0 Å². The number of hydrazone groups is 1. The number of hydrogen-bond acceptors (Lipinski definition) is 4. The number of rotatable bonds is 4. The van der Waals surface area contributed by atoms with E-state index in [0.717, 1.165) is 12.8 Å². The van der Waals surface area contributed by atoms with Crippen molar-refractivity contribution in [1.29, 1.82) is 0 Å². The Hall–Kier alpha value is -2.24. The van der Waals surface area contributed by atoms with Crippen molar-refractivity contribution in [2.75, 3.05) is 0 Å². The van der Waals surface area contributed by atoms with Crippen LogP contribution in [-0.2, 0) is 4.79 Å². The number of carbonyl (C=O) groups is 1. The van der Waals surface area contributed by atoms with E-state index in [1.165, 1.54) is 31.2 Å². The van der Waals surface area contributed by atoms with E-state index >= 15 is 0 Å². The Labute approximate surface area is 128 Å². The third kappa shape index (κ3) is 2.61. The molecule has 0 unspecified atom stereocenters. The third-order valence-electron chi connectivity index (χ3n) is 5.11. The Kier molecular flexibility index (Phi) is 3.68. The number of amides is 1. The van der Waals surface area contributed by atoms with Crippen LogP contribution in [0.15, 0.2) is 29.4 Å². The molecular formula is C16H19N3O3. The van der Waals surface area contributed by atoms with Gasteiger partial charge in [0.1, 0.15) is 0 Å². The minimum Gasteiger partial charge on any atom is -0.273 e. The minimum absolute atomic E-state index is 0.00689. The first-order valence-electron chi connectivity index (χ1n) is 7.60. The first-order chi connectivity index (χ1) is 10.5. The number of carbonyl (C=O) groups excluding carboxylic acids is 1. The molecule has 0 heterocycles. The van der Waals surface area contributed by atoms with Gasteiger partial charge in [-0.25, -0.2) is 5.43 Å². The van der Waals surface area contributed by atoms with Crippen molar-refractivity contribution in [2.24, 2.45) is 22.4 Å². The second-order valence-corrected chi connectivity index (χ2v) is 6.42. The average Bonchev–Trinajstić information content (AvgIpc) is 3.13. The molecule has 0 spiro atoms. The number of non-ortho nitro benzene ring substituents is 1. The lowest BCUT2D eigenvalue weighted by Gasteiger charge is -2.15. The molecule has 2 aliphatic carbocycles. The predicted octanol–water partition coefficient (Wildman–Crippen LogP) is 2.87. The summed E-state index contributed by atoms with van der Waals surface area (Å²) in [5.74, 6) is 0.590. The fraction of sp³-hybridized carbons (Fsp3) is 0.500. The van der Waals surface area contributed by atoms with Crippen molar-refractivity contribution in [3.05, 3.63) is 39.9 Å². The Bertz CT molecular complexity index is 626. The summed E-state index contributed by atoms with van der Waals surface area (Å²) in [6.45, 7) is 2.20. The van der Waals surface area contributed by atoms with Gasteiger partial charge >= 0.3 is 0 Å². The lowest BCUT2D eigenvalue weighted by Crippen LogP contribution is -2.22. The molecule has 3 atom stereocenters. The van der Waals surface area contributed by atoms with Gasteiger partial charge in [0, 0.05) is 18.1 Å². The average molecular weight is 301 g/mol. The molecule has 22 heavy (non-hydrogen) atoms. The van der Waals surface area contributed by atoms with Crippen LogP contribution in [0.5, 0.6) is 0 Å². The lowest BCUT2D eigenvalue weighted by atomic mass is 9.90. The number of fused-ring (bicyclic) bond motifs is 1. The van der Waals surface area contributed by atoms with E-state index in [2.05, 4.69) is 17.5 Å². The Morgan fingerprint density at radius 3 is 2.73 bits per heavy atom. The van der Waals surface area contributed by atoms with Gasteiger partial charge in [0.25, 0.3) is 5.69 Å². The summed E-state index contributed by atoms with van der Waals surface area (Å²) in [6, 6.07) is 6.04. The van der Waals surface area contributed by atoms with Crippen LogP contribution >= 0.6 is 0 Å². The molecule has 0 saturated heterocycles. The number of hydrogen-bond donors (Lipinski definition) is 1. The van der Waals surface area contributed by atoms with Gasteiger partial charge in [0.05, 0.1) is 11.1 Å². The van der Waals surface area contributed by atoms with Crippen molar-refractivity contribution in [2.45, 2.75) is 32.6 Å². The van der Waals surface area contributed by atoms with E-state index in [-0.39, 0.29) is 22.9 Å². The monoisotopic (exact) mass is 301 g/mol. The smallest absolute Gasteiger partial charge is 0.269 e. The number of nitrogens with one attached hydrogen (secondary N) is 1. The number of nitro groups is 1. The normalized spacial score (nSPS) is 29.9. The lowest BCUT2D eigenvalue weighted by molar-refractivity contribution is -0.384. The fourth-order valence-electron chi connectivity index (χ4n) is 3.77. The zero-order valence-corrected chi connectivity index (χ0v) is 12.5. The fourth-order valence-corrected chi connectivity index (χ4v) is 3.77. The highest BCUT2D eigenvalue weighted by Gasteiger charge is 2.64. The molecule has 1 N–H and O–H groups in total. The standard InChI is InChI=1S/C16H19N3O3/c1-16-9-3-2-4-13(16)14(16)15(20)18-17-10-11-5-7-12(8-6-11)19(21)22/h5-8,10,13-14H,2-4,9H2,1H3,(H,18,20)/b17-10+/t13-,14+,16+/m0/s1. The Balaban J connectivity index is 1.56. The van der Waals surface area contributed by atoms with Crippen LogP contribution in [-0.4, -0.2) is 17.0 Å². The quantitative estimate of drug-likeness (QED) is 0.527. The summed E-state index contributed by atoms with van der Waals surface area (Å²) in [5.41, 5.74) is 3.53. The van der Waals surface area contributed by atoms with Crippen LogP contribution in [0.3, 0.4) is 0 Å². The molecule has 0 aliphatic heterocycles. The molecule has 6 heteroatoms. The van der Waals surface area contributed by atoms with Gasteiger partial charge in [-0.15, -0.1) is 0 Å². The number of nitrogens with zero attached hydrogens (tertiary/aromatic N) is 2. The highest BCUT2D eigenvalue weighted by molar-refractivity contribution is 5.86. The minimum atomic E-state index is -0.446. The molecule has 2 aliphatic rings. The summed E-state index contributed by atoms with van der Waals surface area (Å²) >= 11 is 0. The van der Waals surface area contributed by atoms with Crippen LogP contribution in [0, 0.1) is 27.4 Å². The number of benzene rings is 1. The molecule has 0 aromatic heterocycles. The van der Waals surface area contributed by atoms with Gasteiger partial charge in [0.2, 0.25) is 5.91 Å². The maximum Gasteiger partial charge on any atom is 0.269 e. The van der Waals surface area contributed by atoms with E-state index in [1.54, 1.807) is 12.1 Å². The van der Waals surface area contributed by atoms with Crippen molar-refractivity contribution < 1.29 is 9.72 Å². The summed E-state index contributed by atoms with van der Waals surface area (Å²) in [7, 11) is 0. The van der Waals surface area contributed by atoms with Gasteiger partial charge in [-0.05, 0) is 41.9 Å². The zero-order chi connectivity index (χ0) is 15.7. The summed E-state index contributed by atoms with van der Waals surface area (Å²) in [6.07, 6.45) is 6.21. The SMILES string of the molecule is C[C@@]12CCCC[C@H]1[C@@H]2C(=O)N/N=C/c1ccc([N+](=O)[O-])cc1. The maximum absolute atomic E-state index is 12.2. The molecule has 1 amide bonds. The van der Waals surface area contributed by atoms with Gasteiger partial charge in [-0.1, -0.05) is 19.8 Å². The Morgan fingerprint density at radius 2 is 2.14 bits per heavy atom. The second-order valence-electron chi connectivity index (χ2n) is 6.42. The highest BCUT2D eigenvalue weighted by Crippen LogP contribution is 2.66. The maximum atomic E-state index is 12.2. The van der Waals surface area contributed by atoms with E-state index in [0.29, 0.717) is 11.5 Å². The largest absolute Gasteiger partial charge is 0.273 e. The van der Waals surface area contributed by atoms with Crippen LogP contribution in [0.2, 0.25) is 0 Å². The third-order valence-corrected chi connectivity index (χ3v) is 5.11. The van der Waals surface area contributed by atoms with Gasteiger partial charge in [0.15, 0.2) is 0 Å². The molecule has 1 aromatic carbocycles. The molecule has 2 fully saturated rings. The van der Waals surface area contributed by atoms with Crippen molar-refractivity contribution >= 4 is 17.8 Å². The summed E-state index contributed by atoms with van der Waals surface area (Å²) < 4.78 is 0. The van der Waals surface area contributed by atoms with Crippen LogP contribution in [0.25, 0.3) is 0 Å². The predicted molar refractivity (Wildman–Crippen MR) is 82.4 cm³/mol. The van der Waals surface area contributed by atoms with Gasteiger partial charge in [-0.2, -0.15) is 5.10 Å². The molecule has 116 valence electrons. The van der Waals surface area contributed by atoms with Crippen molar-refractivity contribution in [3.63, 3.8) is 0 Å². The first-order valence-corrected chi connectivity index (χ1v) is 7.60. The van der Waals surface area contributed by atoms with Crippen molar-refractivity contribution in [3.8, 4) is 0 Å². The number of nitro benzene ring substituents is 1. The van der Waals surface area contributed by atoms with Crippen LogP contribution < -0.4 is 5.43 Å². The molecule has 0 bridgehead atoms. The van der Waals surface area contributed by atoms with Crippen LogP contribution in [0.1, 0.15) is 38.2 Å². The van der Waals surface area contributed by atoms with E-state index in [9.17, 15) is 14.9 Å². The molecular weight excluding hydrogens is 282 g/mol. The van der Waals surface area contributed by atoms with Crippen LogP contribution in [0.4, 0.5) is 5.69 Å². The van der Waals surface area contributed by atoms with Gasteiger partial charge in [-0.3, -0.25) is 14.9 Å². The summed E-state index contributed by atoms with van der Waals surface area (Å²) in [5, 5.41) is 14.5. The highest BCUT2D eigenvalue weighted by atomic mass is 16.6. The zero-order valence-electron chi connectivity index (χ0n) is 12.5. The summed E-state index contributed by atoms with van der Waals surface area (Å²) in [4.78, 5) is 22.3. The molecule has 3 rings (SSSR count). The topological polar surface area (TPSA) is 84.6 Å². The molecule has 1 aromatic rings. The van der Waals surface area contributed by atoms with Gasteiger partial charge < -0.3 is 0 Å². The molecule has 2 saturated carbocycles. The van der Waals surface area contributed by atoms with Crippen molar-refractivity contribution in [1.82, 2.24) is 5.43 Å². The molecule has 0 radical (unpaired) electrons. The Morgan fingerprint density at radius 1 is 1.41 bits per heavy atom.